The van der Waals surface area contributed by atoms with Gasteiger partial charge in [-0.3, -0.25) is 9.36 Å². The number of oxazole rings is 1. The van der Waals surface area contributed by atoms with Crippen LogP contribution in [0.3, 0.4) is 0 Å². The Morgan fingerprint density at radius 1 is 1.28 bits per heavy atom. The first-order valence-corrected chi connectivity index (χ1v) is 8.02. The highest BCUT2D eigenvalue weighted by Crippen LogP contribution is 2.22. The van der Waals surface area contributed by atoms with Crippen LogP contribution in [0.15, 0.2) is 21.3 Å². The molecule has 0 aliphatic heterocycles. The fourth-order valence-electron chi connectivity index (χ4n) is 1.82. The van der Waals surface area contributed by atoms with Gasteiger partial charge in [0.05, 0.1) is 5.52 Å². The summed E-state index contributed by atoms with van der Waals surface area (Å²) in [5, 5.41) is 25.8. The van der Waals surface area contributed by atoms with E-state index in [1.165, 1.54) is 11.5 Å². The van der Waals surface area contributed by atoms with Crippen LogP contribution in [0.4, 0.5) is 0 Å². The van der Waals surface area contributed by atoms with Gasteiger partial charge in [0.1, 0.15) is 25.6 Å². The highest BCUT2D eigenvalue weighted by molar-refractivity contribution is 6.32. The predicted molar refractivity (Wildman–Crippen MR) is 92.4 cm³/mol. The highest BCUT2D eigenvalue weighted by atomic mass is 35.5. The van der Waals surface area contributed by atoms with Gasteiger partial charge in [-0.25, -0.2) is 4.79 Å². The van der Waals surface area contributed by atoms with E-state index < -0.39 is 11.3 Å². The zero-order chi connectivity index (χ0) is 19.2. The minimum Gasteiger partial charge on any atom is -0.408 e. The molecule has 25 heavy (non-hydrogen) atoms. The van der Waals surface area contributed by atoms with Crippen LogP contribution >= 0.6 is 11.6 Å². The van der Waals surface area contributed by atoms with Crippen molar-refractivity contribution in [3.63, 3.8) is 0 Å². The van der Waals surface area contributed by atoms with Gasteiger partial charge in [-0.1, -0.05) is 11.6 Å². The summed E-state index contributed by atoms with van der Waals surface area (Å²) < 4.78 is 6.54. The first kappa shape index (κ1) is 21.3. The van der Waals surface area contributed by atoms with Gasteiger partial charge in [0.2, 0.25) is 0 Å². The predicted octanol–water partition coefficient (Wildman–Crippen LogP) is -0.521. The molecule has 0 spiro atoms. The minimum absolute atomic E-state index is 0.0319. The number of Topliss-reactive ketones (excluding diaryl/α,β-unsaturated/α-hetero) is 1. The molecule has 1 aromatic heterocycles. The lowest BCUT2D eigenvalue weighted by Gasteiger charge is -2.16. The van der Waals surface area contributed by atoms with Gasteiger partial charge >= 0.3 is 5.76 Å². The second-order valence-corrected chi connectivity index (χ2v) is 6.42. The summed E-state index contributed by atoms with van der Waals surface area (Å²) in [7, 11) is 0. The van der Waals surface area contributed by atoms with Crippen molar-refractivity contribution in [3.05, 3.63) is 33.3 Å². The third kappa shape index (κ3) is 5.65. The number of aliphatic hydroxyl groups is 3. The van der Waals surface area contributed by atoms with Crippen molar-refractivity contribution >= 4 is 28.5 Å². The van der Waals surface area contributed by atoms with Crippen LogP contribution in [0.2, 0.25) is 5.02 Å². The summed E-state index contributed by atoms with van der Waals surface area (Å²) in [6.07, 6.45) is 0.306. The molecule has 0 amide bonds. The van der Waals surface area contributed by atoms with Crippen molar-refractivity contribution < 1.29 is 30.3 Å². The second-order valence-electron chi connectivity index (χ2n) is 6.02. The van der Waals surface area contributed by atoms with E-state index in [0.717, 1.165) is 5.56 Å². The number of aliphatic hydroxyl groups excluding tert-OH is 3. The fraction of sp³-hybridized carbons (Fsp3) is 0.500. The molecular weight excluding hydrogens is 352 g/mol. The maximum atomic E-state index is 11.6. The number of rotatable bonds is 6. The standard InChI is InChI=1S/C12H12ClNO3.C4H11NO3/c1-7-5-11-10(6-9(7)13)14(12(16)17-11)4-3-8(2)15;5-4(1-6,2-7)3-8/h5-6H,3-4H2,1-2H3;6-8H,1-3,5H2/p+1. The molecule has 1 heterocycles. The molecule has 9 heteroatoms. The maximum Gasteiger partial charge on any atom is 0.419 e. The van der Waals surface area contributed by atoms with Gasteiger partial charge in [0, 0.05) is 18.0 Å². The Labute approximate surface area is 149 Å². The van der Waals surface area contributed by atoms with E-state index in [2.05, 4.69) is 5.73 Å². The number of nitrogens with zero attached hydrogens (tertiary/aromatic N) is 1. The normalized spacial score (nSPS) is 11.3. The number of halogens is 1. The number of carbonyl (C=O) groups is 1. The smallest absolute Gasteiger partial charge is 0.408 e. The molecule has 8 nitrogen and oxygen atoms in total. The van der Waals surface area contributed by atoms with E-state index in [1.54, 1.807) is 12.1 Å². The average molecular weight is 376 g/mol. The van der Waals surface area contributed by atoms with E-state index in [-0.39, 0.29) is 25.6 Å². The Kier molecular flexibility index (Phi) is 7.78. The average Bonchev–Trinajstić information content (AvgIpc) is 2.87. The number of fused-ring (bicyclic) bond motifs is 1. The summed E-state index contributed by atoms with van der Waals surface area (Å²) in [6.45, 7) is 2.78. The van der Waals surface area contributed by atoms with Gasteiger partial charge in [0.25, 0.3) is 0 Å². The molecule has 0 saturated heterocycles. The number of hydrogen-bond donors (Lipinski definition) is 4. The summed E-state index contributed by atoms with van der Waals surface area (Å²) in [5.41, 5.74) is 4.40. The SMILES string of the molecule is CC(=O)CCn1c(=O)oc2cc(C)c(Cl)cc21.[NH3+]C(CO)(CO)CO. The Bertz CT molecular complexity index is 770. The lowest BCUT2D eigenvalue weighted by molar-refractivity contribution is -0.494. The van der Waals surface area contributed by atoms with Gasteiger partial charge < -0.3 is 25.5 Å². The molecule has 2 rings (SSSR count). The van der Waals surface area contributed by atoms with E-state index >= 15 is 0 Å². The lowest BCUT2D eigenvalue weighted by atomic mass is 10.1. The van der Waals surface area contributed by atoms with Crippen molar-refractivity contribution in [1.29, 1.82) is 0 Å². The van der Waals surface area contributed by atoms with Crippen LogP contribution in [-0.2, 0) is 11.3 Å². The monoisotopic (exact) mass is 375 g/mol. The quantitative estimate of drug-likeness (QED) is 0.535. The Hall–Kier alpha value is -1.71. The van der Waals surface area contributed by atoms with Crippen LogP contribution in [0.1, 0.15) is 18.9 Å². The molecule has 0 radical (unpaired) electrons. The third-order valence-corrected chi connectivity index (χ3v) is 4.05. The largest absolute Gasteiger partial charge is 0.419 e. The Morgan fingerprint density at radius 3 is 2.28 bits per heavy atom. The molecule has 140 valence electrons. The van der Waals surface area contributed by atoms with Gasteiger partial charge in [0.15, 0.2) is 11.1 Å². The molecule has 1 aromatic carbocycles. The minimum atomic E-state index is -0.958. The summed E-state index contributed by atoms with van der Waals surface area (Å²) in [5.74, 6) is -0.424. The zero-order valence-corrected chi connectivity index (χ0v) is 15.0. The van der Waals surface area contributed by atoms with Crippen molar-refractivity contribution in [3.8, 4) is 0 Å². The maximum absolute atomic E-state index is 11.6. The Morgan fingerprint density at radius 2 is 1.84 bits per heavy atom. The van der Waals surface area contributed by atoms with Crippen LogP contribution < -0.4 is 11.5 Å². The molecule has 0 unspecified atom stereocenters. The van der Waals surface area contributed by atoms with E-state index in [1.807, 2.05) is 6.92 Å². The number of benzene rings is 1. The van der Waals surface area contributed by atoms with Gasteiger partial charge in [-0.2, -0.15) is 0 Å². The molecule has 0 atom stereocenters. The Balaban J connectivity index is 0.000000333. The number of quaternary nitrogens is 1. The topological polar surface area (TPSA) is 141 Å². The summed E-state index contributed by atoms with van der Waals surface area (Å²) >= 11 is 6.01. The number of aromatic nitrogens is 1. The van der Waals surface area contributed by atoms with Crippen molar-refractivity contribution in [2.24, 2.45) is 0 Å². The number of ketones is 1. The van der Waals surface area contributed by atoms with Crippen molar-refractivity contribution in [2.45, 2.75) is 32.4 Å². The van der Waals surface area contributed by atoms with Gasteiger partial charge in [-0.05, 0) is 31.5 Å². The van der Waals surface area contributed by atoms with Crippen molar-refractivity contribution in [2.75, 3.05) is 19.8 Å². The molecule has 0 fully saturated rings. The number of aryl methyl sites for hydroxylation is 2. The molecule has 0 saturated carbocycles. The first-order chi connectivity index (χ1) is 11.7. The lowest BCUT2D eigenvalue weighted by Crippen LogP contribution is -2.78. The fourth-order valence-corrected chi connectivity index (χ4v) is 1.97. The molecule has 0 aliphatic rings. The van der Waals surface area contributed by atoms with Crippen LogP contribution in [0.25, 0.3) is 11.1 Å². The number of hydrogen-bond acceptors (Lipinski definition) is 6. The molecule has 6 N–H and O–H groups in total. The highest BCUT2D eigenvalue weighted by Gasteiger charge is 2.25. The summed E-state index contributed by atoms with van der Waals surface area (Å²) in [6, 6.07) is 3.42. The van der Waals surface area contributed by atoms with Gasteiger partial charge in [-0.15, -0.1) is 0 Å². The van der Waals surface area contributed by atoms with E-state index in [0.29, 0.717) is 29.1 Å². The number of carbonyl (C=O) groups excluding carboxylic acids is 1. The van der Waals surface area contributed by atoms with Crippen LogP contribution in [0.5, 0.6) is 0 Å². The first-order valence-electron chi connectivity index (χ1n) is 7.64. The van der Waals surface area contributed by atoms with Crippen molar-refractivity contribution in [1.82, 2.24) is 4.57 Å². The molecule has 0 bridgehead atoms. The summed E-state index contributed by atoms with van der Waals surface area (Å²) in [4.78, 5) is 22.6. The molecule has 0 aliphatic carbocycles. The molecular formula is C16H24ClN2O6+. The zero-order valence-electron chi connectivity index (χ0n) is 14.3. The molecule has 2 aromatic rings. The third-order valence-electron chi connectivity index (χ3n) is 3.64. The van der Waals surface area contributed by atoms with E-state index in [9.17, 15) is 9.59 Å². The second kappa shape index (κ2) is 9.12. The van der Waals surface area contributed by atoms with Crippen LogP contribution in [-0.4, -0.2) is 51.0 Å². The van der Waals surface area contributed by atoms with E-state index in [4.69, 9.17) is 31.3 Å². The van der Waals surface area contributed by atoms with Crippen LogP contribution in [0, 0.1) is 6.92 Å².